The number of aromatic nitrogens is 1. The van der Waals surface area contributed by atoms with Gasteiger partial charge in [-0.15, -0.1) is 0 Å². The van der Waals surface area contributed by atoms with Gasteiger partial charge in [-0.05, 0) is 55.5 Å². The van der Waals surface area contributed by atoms with E-state index in [1.807, 2.05) is 6.07 Å². The molecule has 1 N–H and O–H groups in total. The smallest absolute Gasteiger partial charge is 0.121 e. The molecule has 3 rings (SSSR count). The fraction of sp³-hybridized carbons (Fsp3) is 0.353. The van der Waals surface area contributed by atoms with E-state index >= 15 is 0 Å². The molecule has 4 heteroatoms. The Kier molecular flexibility index (Phi) is 4.25. The average Bonchev–Trinajstić information content (AvgIpc) is 2.75. The molecule has 1 aliphatic heterocycles. The minimum atomic E-state index is 0.928. The molecule has 0 bridgehead atoms. The first-order valence-electron chi connectivity index (χ1n) is 7.32. The molecule has 0 amide bonds. The van der Waals surface area contributed by atoms with E-state index in [1.165, 1.54) is 29.1 Å². The molecule has 2 aromatic rings. The zero-order valence-electron chi connectivity index (χ0n) is 12.5. The van der Waals surface area contributed by atoms with Gasteiger partial charge in [0, 0.05) is 6.54 Å². The molecule has 0 aliphatic carbocycles. The zero-order valence-corrected chi connectivity index (χ0v) is 13.3. The number of anilines is 1. The first-order chi connectivity index (χ1) is 10.3. The van der Waals surface area contributed by atoms with Crippen molar-refractivity contribution in [2.75, 3.05) is 19.0 Å². The zero-order chi connectivity index (χ0) is 14.7. The second-order valence-electron chi connectivity index (χ2n) is 5.27. The Balaban J connectivity index is 1.78. The Morgan fingerprint density at radius 1 is 1.29 bits per heavy atom. The van der Waals surface area contributed by atoms with Gasteiger partial charge in [0.1, 0.15) is 15.8 Å². The van der Waals surface area contributed by atoms with Gasteiger partial charge in [0.15, 0.2) is 0 Å². The highest BCUT2D eigenvalue weighted by Gasteiger charge is 2.12. The number of nitrogens with one attached hydrogen (secondary N) is 1. The molecule has 0 saturated carbocycles. The molecule has 3 nitrogen and oxygen atoms in total. The van der Waals surface area contributed by atoms with Crippen LogP contribution < -0.4 is 10.1 Å². The maximum atomic E-state index is 5.29. The molecular formula is C17H20N2OS. The molecule has 2 heterocycles. The monoisotopic (exact) mass is 300 g/mol. The van der Waals surface area contributed by atoms with Crippen molar-refractivity contribution < 1.29 is 4.74 Å². The number of hydrogen-bond acceptors (Lipinski definition) is 4. The summed E-state index contributed by atoms with van der Waals surface area (Å²) < 4.78 is 5.29. The minimum absolute atomic E-state index is 0.928. The molecule has 0 spiro atoms. The lowest BCUT2D eigenvalue weighted by Gasteiger charge is -2.04. The summed E-state index contributed by atoms with van der Waals surface area (Å²) >= 11 is 1.75. The molecule has 0 saturated heterocycles. The average molecular weight is 300 g/mol. The Morgan fingerprint density at radius 3 is 3.00 bits per heavy atom. The first-order valence-corrected chi connectivity index (χ1v) is 8.14. The molecule has 0 atom stereocenters. The Morgan fingerprint density at radius 2 is 2.19 bits per heavy atom. The SMILES string of the molecule is COc1ccc(C=Cc2nc3c(s2)NCCCC3)cc1C. The van der Waals surface area contributed by atoms with Crippen LogP contribution in [0.2, 0.25) is 0 Å². The predicted octanol–water partition coefficient (Wildman–Crippen LogP) is 4.38. The van der Waals surface area contributed by atoms with E-state index in [1.54, 1.807) is 18.4 Å². The molecular weight excluding hydrogens is 280 g/mol. The molecule has 110 valence electrons. The molecule has 0 unspecified atom stereocenters. The van der Waals surface area contributed by atoms with Crippen molar-refractivity contribution in [3.8, 4) is 5.75 Å². The fourth-order valence-corrected chi connectivity index (χ4v) is 3.48. The highest BCUT2D eigenvalue weighted by atomic mass is 32.1. The van der Waals surface area contributed by atoms with Crippen LogP contribution >= 0.6 is 11.3 Å². The highest BCUT2D eigenvalue weighted by molar-refractivity contribution is 7.16. The van der Waals surface area contributed by atoms with Gasteiger partial charge in [0.05, 0.1) is 12.8 Å². The van der Waals surface area contributed by atoms with Crippen molar-refractivity contribution in [3.05, 3.63) is 40.0 Å². The van der Waals surface area contributed by atoms with Crippen molar-refractivity contribution in [1.82, 2.24) is 4.98 Å². The van der Waals surface area contributed by atoms with Crippen LogP contribution in [0.1, 0.15) is 34.7 Å². The minimum Gasteiger partial charge on any atom is -0.496 e. The van der Waals surface area contributed by atoms with E-state index in [9.17, 15) is 0 Å². The lowest BCUT2D eigenvalue weighted by Crippen LogP contribution is -1.96. The van der Waals surface area contributed by atoms with Crippen LogP contribution in [-0.4, -0.2) is 18.6 Å². The lowest BCUT2D eigenvalue weighted by molar-refractivity contribution is 0.411. The first kappa shape index (κ1) is 14.1. The molecule has 0 fully saturated rings. The van der Waals surface area contributed by atoms with Crippen LogP contribution in [0, 0.1) is 6.92 Å². The third-order valence-electron chi connectivity index (χ3n) is 3.68. The topological polar surface area (TPSA) is 34.1 Å². The van der Waals surface area contributed by atoms with Crippen LogP contribution in [0.25, 0.3) is 12.2 Å². The van der Waals surface area contributed by atoms with Crippen LogP contribution in [0.3, 0.4) is 0 Å². The molecule has 21 heavy (non-hydrogen) atoms. The predicted molar refractivity (Wildman–Crippen MR) is 90.2 cm³/mol. The summed E-state index contributed by atoms with van der Waals surface area (Å²) in [6, 6.07) is 6.21. The highest BCUT2D eigenvalue weighted by Crippen LogP contribution is 2.29. The summed E-state index contributed by atoms with van der Waals surface area (Å²) in [5.41, 5.74) is 3.55. The molecule has 1 aliphatic rings. The standard InChI is InChI=1S/C17H20N2OS/c1-12-11-13(6-8-15(12)20-2)7-9-16-19-14-5-3-4-10-18-17(14)21-16/h6-9,11,18H,3-5,10H2,1-2H3. The Hall–Kier alpha value is -1.81. The van der Waals surface area contributed by atoms with Crippen molar-refractivity contribution in [2.24, 2.45) is 0 Å². The number of fused-ring (bicyclic) bond motifs is 1. The van der Waals surface area contributed by atoms with Crippen molar-refractivity contribution in [3.63, 3.8) is 0 Å². The summed E-state index contributed by atoms with van der Waals surface area (Å²) in [6.45, 7) is 3.13. The van der Waals surface area contributed by atoms with Crippen molar-refractivity contribution >= 4 is 28.5 Å². The fourth-order valence-electron chi connectivity index (χ4n) is 2.54. The maximum absolute atomic E-state index is 5.29. The largest absolute Gasteiger partial charge is 0.496 e. The quantitative estimate of drug-likeness (QED) is 0.913. The lowest BCUT2D eigenvalue weighted by atomic mass is 10.1. The second-order valence-corrected chi connectivity index (χ2v) is 6.30. The van der Waals surface area contributed by atoms with Gasteiger partial charge in [0.25, 0.3) is 0 Å². The molecule has 0 radical (unpaired) electrons. The van der Waals surface area contributed by atoms with Gasteiger partial charge in [-0.1, -0.05) is 23.5 Å². The van der Waals surface area contributed by atoms with Crippen LogP contribution in [0.5, 0.6) is 5.75 Å². The summed E-state index contributed by atoms with van der Waals surface area (Å²) in [5, 5.41) is 5.79. The molecule has 1 aromatic heterocycles. The van der Waals surface area contributed by atoms with E-state index in [0.29, 0.717) is 0 Å². The van der Waals surface area contributed by atoms with E-state index in [-0.39, 0.29) is 0 Å². The normalized spacial score (nSPS) is 14.6. The third-order valence-corrected chi connectivity index (χ3v) is 4.70. The number of ether oxygens (including phenoxy) is 1. The van der Waals surface area contributed by atoms with Gasteiger partial charge in [-0.25, -0.2) is 4.98 Å². The van der Waals surface area contributed by atoms with Gasteiger partial charge in [-0.3, -0.25) is 0 Å². The number of benzene rings is 1. The summed E-state index contributed by atoms with van der Waals surface area (Å²) in [5.74, 6) is 0.928. The van der Waals surface area contributed by atoms with Crippen molar-refractivity contribution in [1.29, 1.82) is 0 Å². The van der Waals surface area contributed by atoms with Crippen LogP contribution in [0.15, 0.2) is 18.2 Å². The van der Waals surface area contributed by atoms with Crippen LogP contribution in [-0.2, 0) is 6.42 Å². The molecule has 1 aromatic carbocycles. The van der Waals surface area contributed by atoms with Crippen molar-refractivity contribution in [2.45, 2.75) is 26.2 Å². The van der Waals surface area contributed by atoms with E-state index < -0.39 is 0 Å². The number of methoxy groups -OCH3 is 1. The van der Waals surface area contributed by atoms with Crippen LogP contribution in [0.4, 0.5) is 5.00 Å². The second kappa shape index (κ2) is 6.31. The van der Waals surface area contributed by atoms with E-state index in [2.05, 4.69) is 36.5 Å². The Labute approximate surface area is 129 Å². The van der Waals surface area contributed by atoms with Gasteiger partial charge >= 0.3 is 0 Å². The maximum Gasteiger partial charge on any atom is 0.121 e. The number of rotatable bonds is 3. The van der Waals surface area contributed by atoms with E-state index in [0.717, 1.165) is 29.3 Å². The van der Waals surface area contributed by atoms with Gasteiger partial charge in [0.2, 0.25) is 0 Å². The Bertz CT molecular complexity index is 637. The summed E-state index contributed by atoms with van der Waals surface area (Å²) in [6.07, 6.45) is 7.77. The van der Waals surface area contributed by atoms with E-state index in [4.69, 9.17) is 9.72 Å². The van der Waals surface area contributed by atoms with Gasteiger partial charge in [-0.2, -0.15) is 0 Å². The summed E-state index contributed by atoms with van der Waals surface area (Å²) in [4.78, 5) is 4.73. The number of hydrogen-bond donors (Lipinski definition) is 1. The number of thiazole rings is 1. The van der Waals surface area contributed by atoms with Gasteiger partial charge < -0.3 is 10.1 Å². The number of nitrogens with zero attached hydrogens (tertiary/aromatic N) is 1. The summed E-state index contributed by atoms with van der Waals surface area (Å²) in [7, 11) is 1.70. The third kappa shape index (κ3) is 3.27. The number of aryl methyl sites for hydroxylation is 2.